The number of aromatic hydroxyl groups is 2. The van der Waals surface area contributed by atoms with Crippen molar-refractivity contribution in [3.05, 3.63) is 94.0 Å². The number of ketones is 2. The van der Waals surface area contributed by atoms with Gasteiger partial charge in [-0.25, -0.2) is 0 Å². The summed E-state index contributed by atoms with van der Waals surface area (Å²) in [6.07, 6.45) is 1.83. The molecule has 4 rings (SSSR count). The van der Waals surface area contributed by atoms with Crippen LogP contribution in [0.3, 0.4) is 0 Å². The van der Waals surface area contributed by atoms with E-state index < -0.39 is 0 Å². The molecule has 0 atom stereocenters. The molecule has 178 valence electrons. The molecule has 0 fully saturated rings. The minimum Gasteiger partial charge on any atom is -0.508 e. The van der Waals surface area contributed by atoms with E-state index in [-0.39, 0.29) is 33.9 Å². The second-order valence-electron chi connectivity index (χ2n) is 10.1. The van der Waals surface area contributed by atoms with E-state index in [2.05, 4.69) is 41.5 Å². The van der Waals surface area contributed by atoms with Crippen molar-refractivity contribution < 1.29 is 19.8 Å². The first-order chi connectivity index (χ1) is 15.9. The Balaban J connectivity index is 0.000000191. The Kier molecular flexibility index (Phi) is 7.02. The van der Waals surface area contributed by atoms with Crippen molar-refractivity contribution >= 4 is 11.6 Å². The normalized spacial score (nSPS) is 13.0. The summed E-state index contributed by atoms with van der Waals surface area (Å²) in [4.78, 5) is 24.2. The highest BCUT2D eigenvalue weighted by molar-refractivity contribution is 6.28. The van der Waals surface area contributed by atoms with Crippen LogP contribution in [-0.2, 0) is 10.8 Å². The molecule has 34 heavy (non-hydrogen) atoms. The molecule has 0 spiro atoms. The highest BCUT2D eigenvalue weighted by Crippen LogP contribution is 2.42. The lowest BCUT2D eigenvalue weighted by atomic mass is 9.77. The van der Waals surface area contributed by atoms with Crippen LogP contribution in [0.1, 0.15) is 97.4 Å². The summed E-state index contributed by atoms with van der Waals surface area (Å²) in [7, 11) is 0. The van der Waals surface area contributed by atoms with E-state index in [9.17, 15) is 19.8 Å². The molecule has 0 aliphatic heterocycles. The number of hydrogen-bond acceptors (Lipinski definition) is 4. The lowest BCUT2D eigenvalue weighted by Crippen LogP contribution is -2.20. The number of carbonyl (C=O) groups excluding carboxylic acids is 2. The third kappa shape index (κ3) is 4.63. The lowest BCUT2D eigenvalue weighted by molar-refractivity contribution is 0.0979. The summed E-state index contributed by atoms with van der Waals surface area (Å²) in [6.45, 7) is 12.5. The topological polar surface area (TPSA) is 74.6 Å². The molecular weight excluding hydrogens is 424 g/mol. The molecule has 0 heterocycles. The second kappa shape index (κ2) is 9.46. The van der Waals surface area contributed by atoms with Gasteiger partial charge in [0.05, 0.1) is 0 Å². The predicted molar refractivity (Wildman–Crippen MR) is 136 cm³/mol. The van der Waals surface area contributed by atoms with E-state index in [1.807, 2.05) is 0 Å². The lowest BCUT2D eigenvalue weighted by Gasteiger charge is -2.29. The van der Waals surface area contributed by atoms with Gasteiger partial charge in [0, 0.05) is 33.4 Å². The second-order valence-corrected chi connectivity index (χ2v) is 10.1. The average Bonchev–Trinajstić information content (AvgIpc) is 2.84. The molecule has 3 aromatic rings. The minimum absolute atomic E-state index is 0.0641. The molecule has 0 amide bonds. The average molecular weight is 459 g/mol. The van der Waals surface area contributed by atoms with E-state index in [0.717, 1.165) is 24.0 Å². The van der Waals surface area contributed by atoms with Crippen molar-refractivity contribution in [3.8, 4) is 11.5 Å². The summed E-state index contributed by atoms with van der Waals surface area (Å²) < 4.78 is 0. The SMILES string of the molecule is CCC(C)(C)c1cc(O)c(C(C)(C)CC)cc1O.O=C1c2ccccc2C(=O)c2ccccc21. The van der Waals surface area contributed by atoms with E-state index in [1.165, 1.54) is 0 Å². The van der Waals surface area contributed by atoms with Gasteiger partial charge in [0.2, 0.25) is 0 Å². The maximum absolute atomic E-state index is 12.1. The highest BCUT2D eigenvalue weighted by Gasteiger charge is 2.29. The molecule has 3 aromatic carbocycles. The van der Waals surface area contributed by atoms with Gasteiger partial charge in [-0.15, -0.1) is 0 Å². The van der Waals surface area contributed by atoms with Gasteiger partial charge in [0.15, 0.2) is 11.6 Å². The molecule has 0 saturated heterocycles. The van der Waals surface area contributed by atoms with Crippen LogP contribution in [0.4, 0.5) is 0 Å². The fourth-order valence-electron chi connectivity index (χ4n) is 4.09. The van der Waals surface area contributed by atoms with E-state index in [4.69, 9.17) is 0 Å². The quantitative estimate of drug-likeness (QED) is 0.325. The molecule has 0 bridgehead atoms. The molecule has 0 unspecified atom stereocenters. The van der Waals surface area contributed by atoms with Crippen LogP contribution in [0.25, 0.3) is 0 Å². The monoisotopic (exact) mass is 458 g/mol. The molecule has 0 saturated carbocycles. The van der Waals surface area contributed by atoms with Crippen LogP contribution in [0.15, 0.2) is 60.7 Å². The third-order valence-corrected chi connectivity index (χ3v) is 7.17. The van der Waals surface area contributed by atoms with Gasteiger partial charge in [0.1, 0.15) is 11.5 Å². The molecule has 0 radical (unpaired) electrons. The number of fused-ring (bicyclic) bond motifs is 2. The first-order valence-electron chi connectivity index (χ1n) is 11.8. The van der Waals surface area contributed by atoms with E-state index >= 15 is 0 Å². The Morgan fingerprint density at radius 3 is 1.09 bits per heavy atom. The maximum Gasteiger partial charge on any atom is 0.194 e. The number of carbonyl (C=O) groups is 2. The van der Waals surface area contributed by atoms with Gasteiger partial charge in [-0.2, -0.15) is 0 Å². The Labute approximate surface area is 202 Å². The van der Waals surface area contributed by atoms with Crippen LogP contribution < -0.4 is 0 Å². The molecule has 0 aromatic heterocycles. The first-order valence-corrected chi connectivity index (χ1v) is 11.8. The van der Waals surface area contributed by atoms with Crippen molar-refractivity contribution in [1.82, 2.24) is 0 Å². The largest absolute Gasteiger partial charge is 0.508 e. The van der Waals surface area contributed by atoms with Crippen LogP contribution in [0, 0.1) is 0 Å². The van der Waals surface area contributed by atoms with Gasteiger partial charge < -0.3 is 10.2 Å². The standard InChI is InChI=1S/C16H26O2.C14H8O2/c1-7-15(3,4)11-9-14(18)12(10-13(11)17)16(5,6)8-2;15-13-9-5-1-2-6-10(9)14(16)12-8-4-3-7-11(12)13/h9-10,17-18H,7-8H2,1-6H3;1-8H. The van der Waals surface area contributed by atoms with Gasteiger partial charge in [0.25, 0.3) is 0 Å². The van der Waals surface area contributed by atoms with Crippen molar-refractivity contribution in [2.24, 2.45) is 0 Å². The smallest absolute Gasteiger partial charge is 0.194 e. The third-order valence-electron chi connectivity index (χ3n) is 7.17. The van der Waals surface area contributed by atoms with Crippen LogP contribution >= 0.6 is 0 Å². The highest BCUT2D eigenvalue weighted by atomic mass is 16.3. The summed E-state index contributed by atoms with van der Waals surface area (Å²) >= 11 is 0. The first kappa shape index (κ1) is 25.2. The zero-order valence-electron chi connectivity index (χ0n) is 20.9. The van der Waals surface area contributed by atoms with Crippen LogP contribution in [0.5, 0.6) is 11.5 Å². The number of phenolic OH excluding ortho intramolecular Hbond substituents is 2. The number of phenols is 2. The number of rotatable bonds is 4. The Morgan fingerprint density at radius 1 is 0.588 bits per heavy atom. The minimum atomic E-state index is -0.129. The van der Waals surface area contributed by atoms with Crippen LogP contribution in [-0.4, -0.2) is 21.8 Å². The van der Waals surface area contributed by atoms with Crippen molar-refractivity contribution in [2.45, 2.75) is 65.2 Å². The number of benzene rings is 3. The summed E-state index contributed by atoms with van der Waals surface area (Å²) in [5.74, 6) is 0.448. The summed E-state index contributed by atoms with van der Waals surface area (Å²) in [5, 5.41) is 20.5. The van der Waals surface area contributed by atoms with Crippen molar-refractivity contribution in [1.29, 1.82) is 0 Å². The molecule has 2 N–H and O–H groups in total. The van der Waals surface area contributed by atoms with Gasteiger partial charge in [-0.1, -0.05) is 90.1 Å². The van der Waals surface area contributed by atoms with E-state index in [0.29, 0.717) is 22.3 Å². The fraction of sp³-hybridized carbons (Fsp3) is 0.333. The van der Waals surface area contributed by atoms with E-state index in [1.54, 1.807) is 60.7 Å². The molecule has 1 aliphatic rings. The Bertz CT molecular complexity index is 1090. The van der Waals surface area contributed by atoms with Gasteiger partial charge >= 0.3 is 0 Å². The Morgan fingerprint density at radius 2 is 0.853 bits per heavy atom. The number of hydrogen-bond donors (Lipinski definition) is 2. The maximum atomic E-state index is 12.1. The molecular formula is C30H34O4. The zero-order chi connectivity index (χ0) is 25.3. The molecule has 4 nitrogen and oxygen atoms in total. The van der Waals surface area contributed by atoms with Crippen molar-refractivity contribution in [3.63, 3.8) is 0 Å². The predicted octanol–water partition coefficient (Wildman–Crippen LogP) is 6.94. The zero-order valence-corrected chi connectivity index (χ0v) is 20.9. The van der Waals surface area contributed by atoms with Gasteiger partial charge in [-0.05, 0) is 35.8 Å². The van der Waals surface area contributed by atoms with Crippen LogP contribution in [0.2, 0.25) is 0 Å². The summed E-state index contributed by atoms with van der Waals surface area (Å²) in [6, 6.07) is 17.4. The fourth-order valence-corrected chi connectivity index (χ4v) is 4.09. The molecule has 1 aliphatic carbocycles. The summed E-state index contributed by atoms with van der Waals surface area (Å²) in [5.41, 5.74) is 3.40. The Hall–Kier alpha value is -3.40. The van der Waals surface area contributed by atoms with Crippen molar-refractivity contribution in [2.75, 3.05) is 0 Å². The van der Waals surface area contributed by atoms with Gasteiger partial charge in [-0.3, -0.25) is 9.59 Å². The molecule has 4 heteroatoms.